The molecule has 35 heavy (non-hydrogen) atoms. The Morgan fingerprint density at radius 3 is 2.40 bits per heavy atom. The molecule has 1 N–H and O–H groups in total. The first-order valence-electron chi connectivity index (χ1n) is 11.7. The van der Waals surface area contributed by atoms with Crippen LogP contribution in [0, 0.1) is 6.92 Å². The molecule has 8 nitrogen and oxygen atoms in total. The molecule has 5 aromatic rings. The van der Waals surface area contributed by atoms with Crippen molar-refractivity contribution in [3.63, 3.8) is 0 Å². The minimum absolute atomic E-state index is 0.0153. The summed E-state index contributed by atoms with van der Waals surface area (Å²) in [6.07, 6.45) is 0. The molecule has 0 spiro atoms. The molecule has 1 aliphatic rings. The molecule has 0 bridgehead atoms. The van der Waals surface area contributed by atoms with Gasteiger partial charge in [0.2, 0.25) is 5.95 Å². The number of benzene rings is 3. The summed E-state index contributed by atoms with van der Waals surface area (Å²) in [7, 11) is 0. The predicted molar refractivity (Wildman–Crippen MR) is 136 cm³/mol. The van der Waals surface area contributed by atoms with Gasteiger partial charge in [0, 0.05) is 37.4 Å². The SMILES string of the molecule is Cc1nc2cc(C(=O)N3CCN(c4nc5ccccc5c(=O)[nH]4)CC3)ccc2n1-c1ccccc1. The van der Waals surface area contributed by atoms with Gasteiger partial charge in [-0.1, -0.05) is 30.3 Å². The molecule has 0 saturated carbocycles. The number of para-hydroxylation sites is 2. The Bertz CT molecular complexity index is 1610. The highest BCUT2D eigenvalue weighted by atomic mass is 16.2. The Labute approximate surface area is 201 Å². The van der Waals surface area contributed by atoms with Crippen LogP contribution in [0.3, 0.4) is 0 Å². The highest BCUT2D eigenvalue weighted by molar-refractivity contribution is 5.97. The van der Waals surface area contributed by atoms with E-state index in [1.165, 1.54) is 0 Å². The molecule has 1 aliphatic heterocycles. The van der Waals surface area contributed by atoms with E-state index in [4.69, 9.17) is 4.98 Å². The number of aromatic amines is 1. The first-order chi connectivity index (χ1) is 17.1. The zero-order valence-electron chi connectivity index (χ0n) is 19.3. The van der Waals surface area contributed by atoms with Crippen molar-refractivity contribution in [2.45, 2.75) is 6.92 Å². The van der Waals surface area contributed by atoms with Crippen LogP contribution in [0.2, 0.25) is 0 Å². The van der Waals surface area contributed by atoms with Gasteiger partial charge in [-0.05, 0) is 49.4 Å². The van der Waals surface area contributed by atoms with Crippen LogP contribution < -0.4 is 10.5 Å². The van der Waals surface area contributed by atoms with Gasteiger partial charge in [0.1, 0.15) is 5.82 Å². The van der Waals surface area contributed by atoms with Crippen LogP contribution in [0.15, 0.2) is 77.6 Å². The molecule has 1 saturated heterocycles. The Morgan fingerprint density at radius 1 is 0.857 bits per heavy atom. The summed E-state index contributed by atoms with van der Waals surface area (Å²) in [6, 6.07) is 23.1. The van der Waals surface area contributed by atoms with E-state index in [1.807, 2.05) is 83.5 Å². The molecule has 1 fully saturated rings. The number of amides is 1. The lowest BCUT2D eigenvalue weighted by atomic mass is 10.1. The van der Waals surface area contributed by atoms with Crippen LogP contribution in [0.1, 0.15) is 16.2 Å². The summed E-state index contributed by atoms with van der Waals surface area (Å²) in [5.41, 5.74) is 3.96. The molecule has 174 valence electrons. The Morgan fingerprint density at radius 2 is 1.60 bits per heavy atom. The molecule has 8 heteroatoms. The summed E-state index contributed by atoms with van der Waals surface area (Å²) in [5, 5.41) is 0.574. The number of anilines is 1. The second-order valence-corrected chi connectivity index (χ2v) is 8.72. The molecule has 3 aromatic carbocycles. The monoisotopic (exact) mass is 464 g/mol. The third-order valence-corrected chi connectivity index (χ3v) is 6.55. The number of hydrogen-bond acceptors (Lipinski definition) is 5. The lowest BCUT2D eigenvalue weighted by Crippen LogP contribution is -2.49. The maximum atomic E-state index is 13.3. The van der Waals surface area contributed by atoms with E-state index in [1.54, 1.807) is 6.07 Å². The molecule has 6 rings (SSSR count). The topological polar surface area (TPSA) is 87.1 Å². The van der Waals surface area contributed by atoms with Crippen molar-refractivity contribution < 1.29 is 4.79 Å². The van der Waals surface area contributed by atoms with E-state index in [0.29, 0.717) is 48.6 Å². The van der Waals surface area contributed by atoms with Crippen molar-refractivity contribution in [1.82, 2.24) is 24.4 Å². The average Bonchev–Trinajstić information content (AvgIpc) is 3.23. The normalized spacial score (nSPS) is 14.1. The van der Waals surface area contributed by atoms with Gasteiger partial charge in [0.05, 0.1) is 21.9 Å². The Hall–Kier alpha value is -4.46. The fourth-order valence-corrected chi connectivity index (χ4v) is 4.76. The molecule has 3 heterocycles. The fraction of sp³-hybridized carbons (Fsp3) is 0.185. The summed E-state index contributed by atoms with van der Waals surface area (Å²) in [4.78, 5) is 41.8. The van der Waals surface area contributed by atoms with E-state index < -0.39 is 0 Å². The van der Waals surface area contributed by atoms with E-state index in [-0.39, 0.29) is 11.5 Å². The molecule has 0 radical (unpaired) electrons. The number of carbonyl (C=O) groups is 1. The Kier molecular flexibility index (Phi) is 5.06. The number of nitrogens with one attached hydrogen (secondary N) is 1. The minimum atomic E-state index is -0.150. The summed E-state index contributed by atoms with van der Waals surface area (Å²) in [5.74, 6) is 1.41. The van der Waals surface area contributed by atoms with Gasteiger partial charge in [0.25, 0.3) is 11.5 Å². The summed E-state index contributed by atoms with van der Waals surface area (Å²) in [6.45, 7) is 4.25. The Balaban J connectivity index is 1.21. The number of fused-ring (bicyclic) bond motifs is 2. The van der Waals surface area contributed by atoms with Crippen molar-refractivity contribution in [3.05, 3.63) is 94.5 Å². The number of nitrogens with zero attached hydrogens (tertiary/aromatic N) is 5. The first-order valence-corrected chi connectivity index (χ1v) is 11.7. The van der Waals surface area contributed by atoms with E-state index in [2.05, 4.69) is 14.5 Å². The third kappa shape index (κ3) is 3.73. The van der Waals surface area contributed by atoms with E-state index in [9.17, 15) is 9.59 Å². The molecular formula is C27H24N6O2. The number of piperazine rings is 1. The lowest BCUT2D eigenvalue weighted by molar-refractivity contribution is 0.0746. The van der Waals surface area contributed by atoms with Crippen molar-refractivity contribution in [1.29, 1.82) is 0 Å². The van der Waals surface area contributed by atoms with Gasteiger partial charge < -0.3 is 9.80 Å². The van der Waals surface area contributed by atoms with E-state index >= 15 is 0 Å². The van der Waals surface area contributed by atoms with Crippen molar-refractivity contribution in [2.24, 2.45) is 0 Å². The number of aromatic nitrogens is 4. The van der Waals surface area contributed by atoms with Crippen molar-refractivity contribution in [3.8, 4) is 5.69 Å². The lowest BCUT2D eigenvalue weighted by Gasteiger charge is -2.35. The zero-order valence-corrected chi connectivity index (χ0v) is 19.3. The maximum absolute atomic E-state index is 13.3. The van der Waals surface area contributed by atoms with Crippen LogP contribution in [-0.2, 0) is 0 Å². The van der Waals surface area contributed by atoms with Crippen LogP contribution >= 0.6 is 0 Å². The molecule has 0 unspecified atom stereocenters. The standard InChI is InChI=1S/C27H24N6O2/c1-18-28-23-17-19(11-12-24(23)33(18)20-7-3-2-4-8-20)26(35)31-13-15-32(16-14-31)27-29-22-10-6-5-9-21(22)25(34)30-27/h2-12,17H,13-16H2,1H3,(H,29,30,34). The van der Waals surface area contributed by atoms with Gasteiger partial charge in [0.15, 0.2) is 0 Å². The first kappa shape index (κ1) is 21.1. The number of aryl methyl sites for hydroxylation is 1. The molecule has 2 aromatic heterocycles. The van der Waals surface area contributed by atoms with Gasteiger partial charge in [-0.3, -0.25) is 19.1 Å². The number of carbonyl (C=O) groups excluding carboxylic acids is 1. The predicted octanol–water partition coefficient (Wildman–Crippen LogP) is 3.53. The van der Waals surface area contributed by atoms with Gasteiger partial charge in [-0.25, -0.2) is 9.97 Å². The number of rotatable bonds is 3. The van der Waals surface area contributed by atoms with Crippen molar-refractivity contribution >= 4 is 33.8 Å². The number of H-pyrrole nitrogens is 1. The zero-order chi connectivity index (χ0) is 23.9. The molecule has 0 aliphatic carbocycles. The number of hydrogen-bond donors (Lipinski definition) is 1. The quantitative estimate of drug-likeness (QED) is 0.441. The van der Waals surface area contributed by atoms with Gasteiger partial charge >= 0.3 is 0 Å². The van der Waals surface area contributed by atoms with Crippen LogP contribution in [0.5, 0.6) is 0 Å². The second kappa shape index (κ2) is 8.39. The van der Waals surface area contributed by atoms with Crippen LogP contribution in [0.25, 0.3) is 27.6 Å². The smallest absolute Gasteiger partial charge is 0.260 e. The van der Waals surface area contributed by atoms with Crippen molar-refractivity contribution in [2.75, 3.05) is 31.1 Å². The second-order valence-electron chi connectivity index (χ2n) is 8.72. The highest BCUT2D eigenvalue weighted by Gasteiger charge is 2.24. The van der Waals surface area contributed by atoms with Crippen LogP contribution in [-0.4, -0.2) is 56.5 Å². The summed E-state index contributed by atoms with van der Waals surface area (Å²) < 4.78 is 2.10. The van der Waals surface area contributed by atoms with Gasteiger partial charge in [-0.2, -0.15) is 0 Å². The highest BCUT2D eigenvalue weighted by Crippen LogP contribution is 2.23. The van der Waals surface area contributed by atoms with Gasteiger partial charge in [-0.15, -0.1) is 0 Å². The maximum Gasteiger partial charge on any atom is 0.260 e. The largest absolute Gasteiger partial charge is 0.339 e. The van der Waals surface area contributed by atoms with E-state index in [0.717, 1.165) is 22.5 Å². The molecule has 1 amide bonds. The summed E-state index contributed by atoms with van der Waals surface area (Å²) >= 11 is 0. The fourth-order valence-electron chi connectivity index (χ4n) is 4.76. The third-order valence-electron chi connectivity index (χ3n) is 6.55. The average molecular weight is 465 g/mol. The molecular weight excluding hydrogens is 440 g/mol. The minimum Gasteiger partial charge on any atom is -0.339 e. The van der Waals surface area contributed by atoms with Crippen LogP contribution in [0.4, 0.5) is 5.95 Å². The number of imidazole rings is 1. The molecule has 0 atom stereocenters.